The molecule has 0 amide bonds. The number of nitrogens with one attached hydrogen (secondary N) is 1. The Hall–Kier alpha value is -0.300. The highest BCUT2D eigenvalue weighted by Gasteiger charge is 2.24. The molecule has 0 bridgehead atoms. The second-order valence-electron chi connectivity index (χ2n) is 4.16. The molecule has 0 aromatic heterocycles. The second-order valence-corrected chi connectivity index (χ2v) is 4.16. The lowest BCUT2D eigenvalue weighted by Gasteiger charge is -2.15. The number of allylic oxidation sites excluding steroid dienone is 1. The van der Waals surface area contributed by atoms with Gasteiger partial charge in [-0.2, -0.15) is 0 Å². The maximum Gasteiger partial charge on any atom is 0.00697 e. The molecule has 1 fully saturated rings. The molecule has 0 aromatic rings. The summed E-state index contributed by atoms with van der Waals surface area (Å²) >= 11 is 0. The molecule has 70 valence electrons. The number of hydrogen-bond acceptors (Lipinski definition) is 1. The van der Waals surface area contributed by atoms with Crippen LogP contribution < -0.4 is 5.32 Å². The van der Waals surface area contributed by atoms with E-state index in [0.717, 1.165) is 12.0 Å². The normalized spacial score (nSPS) is 19.2. The van der Waals surface area contributed by atoms with Gasteiger partial charge in [0, 0.05) is 6.04 Å². The van der Waals surface area contributed by atoms with Crippen LogP contribution in [0.25, 0.3) is 0 Å². The van der Waals surface area contributed by atoms with Crippen molar-refractivity contribution < 1.29 is 0 Å². The van der Waals surface area contributed by atoms with Gasteiger partial charge in [-0.05, 0) is 39.2 Å². The fourth-order valence-corrected chi connectivity index (χ4v) is 1.56. The average Bonchev–Trinajstić information content (AvgIpc) is 2.81. The predicted molar refractivity (Wildman–Crippen MR) is 54.2 cm³/mol. The molecule has 1 aliphatic rings. The Labute approximate surface area is 76.2 Å². The molecule has 1 saturated carbocycles. The van der Waals surface area contributed by atoms with Crippen LogP contribution in [-0.4, -0.2) is 13.1 Å². The van der Waals surface area contributed by atoms with Crippen molar-refractivity contribution in [3.05, 3.63) is 12.2 Å². The van der Waals surface area contributed by atoms with Crippen molar-refractivity contribution in [2.24, 2.45) is 5.92 Å². The Morgan fingerprint density at radius 2 is 2.25 bits per heavy atom. The molecule has 0 heterocycles. The molecular weight excluding hydrogens is 146 g/mol. The first-order chi connectivity index (χ1) is 5.72. The predicted octanol–water partition coefficient (Wildman–Crippen LogP) is 2.73. The third kappa shape index (κ3) is 3.91. The van der Waals surface area contributed by atoms with Crippen molar-refractivity contribution in [2.45, 2.75) is 45.1 Å². The van der Waals surface area contributed by atoms with Gasteiger partial charge in [0.15, 0.2) is 0 Å². The maximum absolute atomic E-state index is 3.93. The molecule has 1 aliphatic carbocycles. The molecule has 0 aliphatic heterocycles. The van der Waals surface area contributed by atoms with E-state index in [1.807, 2.05) is 0 Å². The van der Waals surface area contributed by atoms with E-state index in [4.69, 9.17) is 0 Å². The van der Waals surface area contributed by atoms with E-state index < -0.39 is 0 Å². The van der Waals surface area contributed by atoms with Crippen molar-refractivity contribution in [3.8, 4) is 0 Å². The summed E-state index contributed by atoms with van der Waals surface area (Å²) in [6, 6.07) is 0.731. The fraction of sp³-hybridized carbons (Fsp3) is 0.818. The lowest BCUT2D eigenvalue weighted by molar-refractivity contribution is 0.463. The quantitative estimate of drug-likeness (QED) is 0.600. The molecule has 0 aromatic carbocycles. The summed E-state index contributed by atoms with van der Waals surface area (Å²) in [5.41, 5.74) is 1.31. The molecule has 1 N–H and O–H groups in total. The zero-order valence-electron chi connectivity index (χ0n) is 8.40. The minimum absolute atomic E-state index is 0.731. The minimum atomic E-state index is 0.731. The first kappa shape index (κ1) is 9.79. The molecule has 1 unspecified atom stereocenters. The van der Waals surface area contributed by atoms with Crippen LogP contribution in [0.5, 0.6) is 0 Å². The molecule has 0 saturated heterocycles. The lowest BCUT2D eigenvalue weighted by Crippen LogP contribution is -2.25. The highest BCUT2D eigenvalue weighted by molar-refractivity contribution is 4.90. The van der Waals surface area contributed by atoms with Crippen molar-refractivity contribution in [3.63, 3.8) is 0 Å². The van der Waals surface area contributed by atoms with Crippen LogP contribution in [0.2, 0.25) is 0 Å². The molecular formula is C11H21N. The summed E-state index contributed by atoms with van der Waals surface area (Å²) in [4.78, 5) is 0. The van der Waals surface area contributed by atoms with Gasteiger partial charge in [0.1, 0.15) is 0 Å². The Bertz CT molecular complexity index is 147. The third-order valence-electron chi connectivity index (χ3n) is 2.64. The molecule has 1 rings (SSSR count). The third-order valence-corrected chi connectivity index (χ3v) is 2.64. The van der Waals surface area contributed by atoms with Gasteiger partial charge in [0.25, 0.3) is 0 Å². The van der Waals surface area contributed by atoms with Gasteiger partial charge in [0.05, 0.1) is 0 Å². The molecule has 1 atom stereocenters. The smallest absolute Gasteiger partial charge is 0.00697 e. The first-order valence-corrected chi connectivity index (χ1v) is 5.04. The van der Waals surface area contributed by atoms with Gasteiger partial charge in [-0.1, -0.05) is 18.4 Å². The van der Waals surface area contributed by atoms with E-state index in [9.17, 15) is 0 Å². The first-order valence-electron chi connectivity index (χ1n) is 5.04. The zero-order valence-corrected chi connectivity index (χ0v) is 8.40. The summed E-state index contributed by atoms with van der Waals surface area (Å²) in [6.45, 7) is 6.04. The Morgan fingerprint density at radius 1 is 1.58 bits per heavy atom. The van der Waals surface area contributed by atoms with Crippen molar-refractivity contribution in [1.82, 2.24) is 5.32 Å². The van der Waals surface area contributed by atoms with Crippen LogP contribution in [0, 0.1) is 5.92 Å². The van der Waals surface area contributed by atoms with Crippen LogP contribution >= 0.6 is 0 Å². The summed E-state index contributed by atoms with van der Waals surface area (Å²) in [5, 5.41) is 3.39. The van der Waals surface area contributed by atoms with Gasteiger partial charge < -0.3 is 5.32 Å². The lowest BCUT2D eigenvalue weighted by atomic mass is 10.0. The summed E-state index contributed by atoms with van der Waals surface area (Å²) < 4.78 is 0. The van der Waals surface area contributed by atoms with Gasteiger partial charge in [-0.15, -0.1) is 6.58 Å². The topological polar surface area (TPSA) is 12.0 Å². The highest BCUT2D eigenvalue weighted by Crippen LogP contribution is 2.34. The van der Waals surface area contributed by atoms with Crippen molar-refractivity contribution in [1.29, 1.82) is 0 Å². The van der Waals surface area contributed by atoms with E-state index in [-0.39, 0.29) is 0 Å². The Kier molecular flexibility index (Phi) is 3.80. The van der Waals surface area contributed by atoms with Crippen LogP contribution in [0.15, 0.2) is 12.2 Å². The monoisotopic (exact) mass is 167 g/mol. The highest BCUT2D eigenvalue weighted by atomic mass is 14.9. The van der Waals surface area contributed by atoms with Gasteiger partial charge in [-0.3, -0.25) is 0 Å². The second kappa shape index (κ2) is 4.66. The standard InChI is InChI=1S/C11H21N/c1-9(2)4-7-11(12-3)8-10-5-6-10/h10-12H,1,4-8H2,2-3H3. The maximum atomic E-state index is 3.93. The Morgan fingerprint density at radius 3 is 2.67 bits per heavy atom. The summed E-state index contributed by atoms with van der Waals surface area (Å²) in [7, 11) is 2.07. The van der Waals surface area contributed by atoms with Crippen molar-refractivity contribution in [2.75, 3.05) is 7.05 Å². The molecule has 0 spiro atoms. The van der Waals surface area contributed by atoms with E-state index in [0.29, 0.717) is 0 Å². The Balaban J connectivity index is 2.10. The summed E-state index contributed by atoms with van der Waals surface area (Å²) in [6.07, 6.45) is 6.75. The fourth-order valence-electron chi connectivity index (χ4n) is 1.56. The van der Waals surface area contributed by atoms with Gasteiger partial charge in [0.2, 0.25) is 0 Å². The van der Waals surface area contributed by atoms with Crippen LogP contribution in [0.3, 0.4) is 0 Å². The largest absolute Gasteiger partial charge is 0.317 e. The molecule has 12 heavy (non-hydrogen) atoms. The van der Waals surface area contributed by atoms with Crippen LogP contribution in [0.1, 0.15) is 39.0 Å². The van der Waals surface area contributed by atoms with Crippen LogP contribution in [0.4, 0.5) is 0 Å². The van der Waals surface area contributed by atoms with E-state index in [2.05, 4.69) is 25.9 Å². The molecule has 0 radical (unpaired) electrons. The van der Waals surface area contributed by atoms with Gasteiger partial charge >= 0.3 is 0 Å². The zero-order chi connectivity index (χ0) is 8.97. The SMILES string of the molecule is C=C(C)CCC(CC1CC1)NC. The van der Waals surface area contributed by atoms with Gasteiger partial charge in [-0.25, -0.2) is 0 Å². The average molecular weight is 167 g/mol. The molecule has 1 nitrogen and oxygen atoms in total. The van der Waals surface area contributed by atoms with E-state index in [1.165, 1.54) is 37.7 Å². The number of hydrogen-bond donors (Lipinski definition) is 1. The number of rotatable bonds is 6. The van der Waals surface area contributed by atoms with E-state index in [1.54, 1.807) is 0 Å². The molecule has 1 heteroatoms. The van der Waals surface area contributed by atoms with E-state index >= 15 is 0 Å². The van der Waals surface area contributed by atoms with Crippen molar-refractivity contribution >= 4 is 0 Å². The summed E-state index contributed by atoms with van der Waals surface area (Å²) in [5.74, 6) is 1.03. The minimum Gasteiger partial charge on any atom is -0.317 e. The van der Waals surface area contributed by atoms with Crippen LogP contribution in [-0.2, 0) is 0 Å².